The lowest BCUT2D eigenvalue weighted by atomic mass is 10.1. The number of amides is 1. The Labute approximate surface area is 129 Å². The lowest BCUT2D eigenvalue weighted by Crippen LogP contribution is -2.42. The van der Waals surface area contributed by atoms with Crippen LogP contribution in [0.5, 0.6) is 0 Å². The van der Waals surface area contributed by atoms with Gasteiger partial charge in [-0.05, 0) is 35.9 Å². The first-order valence-corrected chi connectivity index (χ1v) is 6.60. The smallest absolute Gasteiger partial charge is 0.326 e. The number of benzene rings is 2. The van der Waals surface area contributed by atoms with Gasteiger partial charge in [0, 0.05) is 12.0 Å². The van der Waals surface area contributed by atoms with Crippen molar-refractivity contribution in [2.24, 2.45) is 0 Å². The highest BCUT2D eigenvalue weighted by molar-refractivity contribution is 5.96. The number of rotatable bonds is 5. The number of halogens is 3. The summed E-state index contributed by atoms with van der Waals surface area (Å²) >= 11 is 0. The molecule has 0 spiro atoms. The quantitative estimate of drug-likeness (QED) is 0.888. The summed E-state index contributed by atoms with van der Waals surface area (Å²) in [4.78, 5) is 23.2. The molecule has 120 valence electrons. The van der Waals surface area contributed by atoms with Gasteiger partial charge in [0.05, 0.1) is 0 Å². The molecular formula is C16H12F3NO3. The van der Waals surface area contributed by atoms with Crippen LogP contribution in [0.1, 0.15) is 15.9 Å². The molecule has 0 unspecified atom stereocenters. The molecule has 4 nitrogen and oxygen atoms in total. The van der Waals surface area contributed by atoms with Crippen LogP contribution in [0.2, 0.25) is 0 Å². The average Bonchev–Trinajstić information content (AvgIpc) is 2.49. The fraction of sp³-hybridized carbons (Fsp3) is 0.125. The summed E-state index contributed by atoms with van der Waals surface area (Å²) in [6, 6.07) is 6.44. The topological polar surface area (TPSA) is 66.4 Å². The highest BCUT2D eigenvalue weighted by atomic mass is 19.2. The van der Waals surface area contributed by atoms with Gasteiger partial charge in [0.25, 0.3) is 5.91 Å². The van der Waals surface area contributed by atoms with Crippen molar-refractivity contribution < 1.29 is 27.9 Å². The third kappa shape index (κ3) is 4.32. The van der Waals surface area contributed by atoms with Gasteiger partial charge in [-0.15, -0.1) is 0 Å². The molecule has 2 rings (SSSR count). The number of carbonyl (C=O) groups excluding carboxylic acids is 1. The summed E-state index contributed by atoms with van der Waals surface area (Å²) < 4.78 is 39.1. The average molecular weight is 323 g/mol. The second-order valence-corrected chi connectivity index (χ2v) is 4.83. The van der Waals surface area contributed by atoms with E-state index in [-0.39, 0.29) is 12.0 Å². The number of carbonyl (C=O) groups is 2. The maximum atomic E-state index is 13.1. The summed E-state index contributed by atoms with van der Waals surface area (Å²) in [7, 11) is 0. The predicted octanol–water partition coefficient (Wildman–Crippen LogP) is 2.53. The van der Waals surface area contributed by atoms with Crippen LogP contribution in [0.4, 0.5) is 13.2 Å². The minimum absolute atomic E-state index is 0.150. The van der Waals surface area contributed by atoms with Crippen LogP contribution < -0.4 is 5.32 Å². The first-order valence-electron chi connectivity index (χ1n) is 6.60. The molecule has 2 N–H and O–H groups in total. The van der Waals surface area contributed by atoms with Gasteiger partial charge < -0.3 is 10.4 Å². The predicted molar refractivity (Wildman–Crippen MR) is 75.4 cm³/mol. The molecule has 0 aliphatic rings. The van der Waals surface area contributed by atoms with E-state index in [0.29, 0.717) is 11.6 Å². The molecule has 2 aromatic rings. The number of hydrogen-bond acceptors (Lipinski definition) is 2. The molecule has 0 saturated heterocycles. The fourth-order valence-electron chi connectivity index (χ4n) is 1.98. The molecule has 0 aromatic heterocycles. The van der Waals surface area contributed by atoms with Gasteiger partial charge in [0.2, 0.25) is 0 Å². The SMILES string of the molecule is O=C(N[C@H](Cc1cccc(F)c1)C(=O)O)c1ccc(F)c(F)c1. The lowest BCUT2D eigenvalue weighted by Gasteiger charge is -2.15. The Balaban J connectivity index is 2.14. The van der Waals surface area contributed by atoms with E-state index in [1.807, 2.05) is 0 Å². The summed E-state index contributed by atoms with van der Waals surface area (Å²) in [5.74, 6) is -5.05. The second kappa shape index (κ2) is 6.95. The van der Waals surface area contributed by atoms with Crippen LogP contribution in [-0.4, -0.2) is 23.0 Å². The molecule has 0 bridgehead atoms. The molecule has 23 heavy (non-hydrogen) atoms. The van der Waals surface area contributed by atoms with Crippen molar-refractivity contribution in [3.05, 3.63) is 71.0 Å². The molecule has 0 radical (unpaired) electrons. The third-order valence-corrected chi connectivity index (χ3v) is 3.11. The first kappa shape index (κ1) is 16.5. The lowest BCUT2D eigenvalue weighted by molar-refractivity contribution is -0.139. The van der Waals surface area contributed by atoms with Crippen LogP contribution in [0.25, 0.3) is 0 Å². The number of nitrogens with one attached hydrogen (secondary N) is 1. The summed E-state index contributed by atoms with van der Waals surface area (Å²) in [5.41, 5.74) is 0.164. The van der Waals surface area contributed by atoms with E-state index in [1.54, 1.807) is 0 Å². The highest BCUT2D eigenvalue weighted by Gasteiger charge is 2.22. The number of aliphatic carboxylic acids is 1. The van der Waals surface area contributed by atoms with Crippen LogP contribution in [0, 0.1) is 17.5 Å². The van der Waals surface area contributed by atoms with Gasteiger partial charge in [-0.1, -0.05) is 12.1 Å². The molecule has 2 aromatic carbocycles. The Bertz CT molecular complexity index is 749. The van der Waals surface area contributed by atoms with E-state index in [2.05, 4.69) is 5.32 Å². The van der Waals surface area contributed by atoms with Crippen molar-refractivity contribution in [1.82, 2.24) is 5.32 Å². The summed E-state index contributed by atoms with van der Waals surface area (Å²) in [6.07, 6.45) is -0.150. The Morgan fingerprint density at radius 1 is 1.04 bits per heavy atom. The van der Waals surface area contributed by atoms with E-state index in [4.69, 9.17) is 5.11 Å². The standard InChI is InChI=1S/C16H12F3NO3/c17-11-3-1-2-9(6-11)7-14(16(22)23)20-15(21)10-4-5-12(18)13(19)8-10/h1-6,8,14H,7H2,(H,20,21)(H,22,23)/t14-/m1/s1. The van der Waals surface area contributed by atoms with Crippen molar-refractivity contribution >= 4 is 11.9 Å². The fourth-order valence-corrected chi connectivity index (χ4v) is 1.98. The Hall–Kier alpha value is -2.83. The van der Waals surface area contributed by atoms with Crippen LogP contribution in [0.15, 0.2) is 42.5 Å². The molecule has 0 aliphatic carbocycles. The van der Waals surface area contributed by atoms with Crippen molar-refractivity contribution in [1.29, 1.82) is 0 Å². The van der Waals surface area contributed by atoms with Crippen LogP contribution >= 0.6 is 0 Å². The van der Waals surface area contributed by atoms with Crippen molar-refractivity contribution in [3.8, 4) is 0 Å². The number of carboxylic acids is 1. The Morgan fingerprint density at radius 2 is 1.78 bits per heavy atom. The van der Waals surface area contributed by atoms with Gasteiger partial charge in [-0.3, -0.25) is 4.79 Å². The highest BCUT2D eigenvalue weighted by Crippen LogP contribution is 2.10. The zero-order valence-electron chi connectivity index (χ0n) is 11.7. The van der Waals surface area contributed by atoms with Crippen molar-refractivity contribution in [2.45, 2.75) is 12.5 Å². The monoisotopic (exact) mass is 323 g/mol. The first-order chi connectivity index (χ1) is 10.9. The minimum atomic E-state index is -1.34. The zero-order chi connectivity index (χ0) is 17.0. The molecule has 0 heterocycles. The van der Waals surface area contributed by atoms with E-state index in [9.17, 15) is 22.8 Å². The molecular weight excluding hydrogens is 311 g/mol. The third-order valence-electron chi connectivity index (χ3n) is 3.11. The zero-order valence-corrected chi connectivity index (χ0v) is 11.7. The maximum absolute atomic E-state index is 13.1. The van der Waals surface area contributed by atoms with Gasteiger partial charge in [0.1, 0.15) is 11.9 Å². The molecule has 0 fully saturated rings. The van der Waals surface area contributed by atoms with E-state index in [0.717, 1.165) is 18.2 Å². The van der Waals surface area contributed by atoms with E-state index < -0.39 is 35.4 Å². The minimum Gasteiger partial charge on any atom is -0.480 e. The summed E-state index contributed by atoms with van der Waals surface area (Å²) in [6.45, 7) is 0. The van der Waals surface area contributed by atoms with Gasteiger partial charge in [-0.25, -0.2) is 18.0 Å². The molecule has 0 aliphatic heterocycles. The van der Waals surface area contributed by atoms with Crippen molar-refractivity contribution in [3.63, 3.8) is 0 Å². The van der Waals surface area contributed by atoms with Crippen molar-refractivity contribution in [2.75, 3.05) is 0 Å². The van der Waals surface area contributed by atoms with E-state index in [1.165, 1.54) is 18.2 Å². The number of carboxylic acid groups (broad SMARTS) is 1. The Morgan fingerprint density at radius 3 is 2.39 bits per heavy atom. The molecule has 0 saturated carbocycles. The second-order valence-electron chi connectivity index (χ2n) is 4.83. The Kier molecular flexibility index (Phi) is 5.00. The van der Waals surface area contributed by atoms with Gasteiger partial charge >= 0.3 is 5.97 Å². The molecule has 1 atom stereocenters. The number of hydrogen-bond donors (Lipinski definition) is 2. The van der Waals surface area contributed by atoms with E-state index >= 15 is 0 Å². The molecule has 1 amide bonds. The largest absolute Gasteiger partial charge is 0.480 e. The van der Waals surface area contributed by atoms with Gasteiger partial charge in [0.15, 0.2) is 11.6 Å². The van der Waals surface area contributed by atoms with Gasteiger partial charge in [-0.2, -0.15) is 0 Å². The molecule has 7 heteroatoms. The normalized spacial score (nSPS) is 11.8. The van der Waals surface area contributed by atoms with Crippen LogP contribution in [-0.2, 0) is 11.2 Å². The van der Waals surface area contributed by atoms with Crippen LogP contribution in [0.3, 0.4) is 0 Å². The maximum Gasteiger partial charge on any atom is 0.326 e. The summed E-state index contributed by atoms with van der Waals surface area (Å²) in [5, 5.41) is 11.4.